The molecule has 0 aliphatic carbocycles. The highest BCUT2D eigenvalue weighted by Crippen LogP contribution is 2.30. The lowest BCUT2D eigenvalue weighted by atomic mass is 10.1. The second-order valence-corrected chi connectivity index (χ2v) is 6.37. The van der Waals surface area contributed by atoms with Crippen molar-refractivity contribution < 1.29 is 4.79 Å². The maximum atomic E-state index is 13.1. The van der Waals surface area contributed by atoms with Crippen LogP contribution in [0.1, 0.15) is 38.1 Å². The van der Waals surface area contributed by atoms with Crippen LogP contribution >= 0.6 is 11.6 Å². The van der Waals surface area contributed by atoms with Crippen molar-refractivity contribution >= 4 is 34.2 Å². The standard InChI is InChI=1S/C16H18ClN5O/c1-9(2)22(10(3)4)16(23)12-13(17)11-6-5-7-18-14(11)21-8-19-20-15(12)21/h5-10H,1-4H3. The average molecular weight is 332 g/mol. The smallest absolute Gasteiger partial charge is 0.259 e. The van der Waals surface area contributed by atoms with Gasteiger partial charge in [0.15, 0.2) is 5.65 Å². The molecular formula is C16H18ClN5O. The van der Waals surface area contributed by atoms with Crippen LogP contribution in [-0.2, 0) is 0 Å². The largest absolute Gasteiger partial charge is 0.334 e. The van der Waals surface area contributed by atoms with E-state index in [0.717, 1.165) is 0 Å². The molecule has 0 atom stereocenters. The molecule has 0 saturated carbocycles. The molecule has 3 heterocycles. The first-order chi connectivity index (χ1) is 10.9. The number of halogens is 1. The number of aromatic nitrogens is 4. The van der Waals surface area contributed by atoms with Gasteiger partial charge in [0.1, 0.15) is 17.5 Å². The Morgan fingerprint density at radius 2 is 1.91 bits per heavy atom. The topological polar surface area (TPSA) is 63.4 Å². The van der Waals surface area contributed by atoms with Crippen molar-refractivity contribution in [1.82, 2.24) is 24.5 Å². The second kappa shape index (κ2) is 5.77. The van der Waals surface area contributed by atoms with Gasteiger partial charge in [-0.05, 0) is 39.8 Å². The quantitative estimate of drug-likeness (QED) is 0.739. The lowest BCUT2D eigenvalue weighted by molar-refractivity contribution is 0.0645. The summed E-state index contributed by atoms with van der Waals surface area (Å²) < 4.78 is 1.70. The monoisotopic (exact) mass is 331 g/mol. The van der Waals surface area contributed by atoms with Crippen molar-refractivity contribution in [3.63, 3.8) is 0 Å². The van der Waals surface area contributed by atoms with E-state index in [0.29, 0.717) is 27.3 Å². The summed E-state index contributed by atoms with van der Waals surface area (Å²) in [5.74, 6) is -0.149. The summed E-state index contributed by atoms with van der Waals surface area (Å²) >= 11 is 6.56. The van der Waals surface area contributed by atoms with E-state index in [9.17, 15) is 4.79 Å². The van der Waals surface area contributed by atoms with Crippen molar-refractivity contribution in [1.29, 1.82) is 0 Å². The average Bonchev–Trinajstić information content (AvgIpc) is 2.96. The van der Waals surface area contributed by atoms with Crippen molar-refractivity contribution in [2.45, 2.75) is 39.8 Å². The van der Waals surface area contributed by atoms with Crippen LogP contribution in [0.2, 0.25) is 5.02 Å². The van der Waals surface area contributed by atoms with Crippen LogP contribution in [0.3, 0.4) is 0 Å². The van der Waals surface area contributed by atoms with Crippen LogP contribution in [0.15, 0.2) is 24.7 Å². The molecule has 3 rings (SSSR count). The van der Waals surface area contributed by atoms with Crippen LogP contribution in [-0.4, -0.2) is 42.5 Å². The Kier molecular flexibility index (Phi) is 3.93. The summed E-state index contributed by atoms with van der Waals surface area (Å²) in [7, 11) is 0. The maximum absolute atomic E-state index is 13.1. The number of hydrogen-bond donors (Lipinski definition) is 0. The zero-order chi connectivity index (χ0) is 16.7. The van der Waals surface area contributed by atoms with E-state index in [1.807, 2.05) is 33.8 Å². The van der Waals surface area contributed by atoms with Gasteiger partial charge in [0, 0.05) is 23.7 Å². The van der Waals surface area contributed by atoms with E-state index in [1.54, 1.807) is 27.9 Å². The van der Waals surface area contributed by atoms with Crippen molar-refractivity contribution in [2.75, 3.05) is 0 Å². The Balaban J connectivity index is 2.33. The highest BCUT2D eigenvalue weighted by molar-refractivity contribution is 6.39. The van der Waals surface area contributed by atoms with Gasteiger partial charge in [0.25, 0.3) is 5.91 Å². The predicted octanol–water partition coefficient (Wildman–Crippen LogP) is 3.19. The molecule has 0 fully saturated rings. The molecule has 6 nitrogen and oxygen atoms in total. The molecule has 7 heteroatoms. The highest BCUT2D eigenvalue weighted by Gasteiger charge is 2.28. The van der Waals surface area contributed by atoms with Crippen LogP contribution < -0.4 is 0 Å². The maximum Gasteiger partial charge on any atom is 0.259 e. The van der Waals surface area contributed by atoms with Gasteiger partial charge in [-0.25, -0.2) is 4.98 Å². The molecule has 0 saturated heterocycles. The second-order valence-electron chi connectivity index (χ2n) is 5.99. The fraction of sp³-hybridized carbons (Fsp3) is 0.375. The van der Waals surface area contributed by atoms with E-state index < -0.39 is 0 Å². The number of nitrogens with zero attached hydrogens (tertiary/aromatic N) is 5. The molecular weight excluding hydrogens is 314 g/mol. The number of rotatable bonds is 3. The first-order valence-corrected chi connectivity index (χ1v) is 7.89. The molecule has 0 aromatic carbocycles. The molecule has 0 aliphatic rings. The Morgan fingerprint density at radius 1 is 1.22 bits per heavy atom. The molecule has 0 N–H and O–H groups in total. The first-order valence-electron chi connectivity index (χ1n) is 7.52. The van der Waals surface area contributed by atoms with Crippen LogP contribution in [0.4, 0.5) is 0 Å². The van der Waals surface area contributed by atoms with Crippen LogP contribution in [0.25, 0.3) is 16.7 Å². The van der Waals surface area contributed by atoms with Crippen molar-refractivity contribution in [2.24, 2.45) is 0 Å². The fourth-order valence-electron chi connectivity index (χ4n) is 2.94. The lowest BCUT2D eigenvalue weighted by Gasteiger charge is -2.31. The van der Waals surface area contributed by atoms with Gasteiger partial charge >= 0.3 is 0 Å². The third-order valence-electron chi connectivity index (χ3n) is 3.80. The molecule has 3 aromatic heterocycles. The van der Waals surface area contributed by atoms with Gasteiger partial charge in [0.05, 0.1) is 5.02 Å². The van der Waals surface area contributed by atoms with E-state index in [4.69, 9.17) is 11.6 Å². The Hall–Kier alpha value is -2.21. The zero-order valence-corrected chi connectivity index (χ0v) is 14.2. The first kappa shape index (κ1) is 15.7. The van der Waals surface area contributed by atoms with E-state index in [-0.39, 0.29) is 18.0 Å². The third-order valence-corrected chi connectivity index (χ3v) is 4.20. The molecule has 23 heavy (non-hydrogen) atoms. The Morgan fingerprint density at radius 3 is 2.57 bits per heavy atom. The third kappa shape index (κ3) is 2.43. The van der Waals surface area contributed by atoms with Gasteiger partial charge in [-0.15, -0.1) is 10.2 Å². The van der Waals surface area contributed by atoms with Crippen LogP contribution in [0, 0.1) is 0 Å². The fourth-order valence-corrected chi connectivity index (χ4v) is 3.25. The number of hydrogen-bond acceptors (Lipinski definition) is 4. The lowest BCUT2D eigenvalue weighted by Crippen LogP contribution is -2.42. The number of fused-ring (bicyclic) bond motifs is 3. The van der Waals surface area contributed by atoms with Crippen molar-refractivity contribution in [3.05, 3.63) is 35.2 Å². The normalized spacial score (nSPS) is 11.8. The van der Waals surface area contributed by atoms with Gasteiger partial charge in [-0.2, -0.15) is 0 Å². The molecule has 120 valence electrons. The van der Waals surface area contributed by atoms with E-state index >= 15 is 0 Å². The van der Waals surface area contributed by atoms with E-state index in [2.05, 4.69) is 15.2 Å². The summed E-state index contributed by atoms with van der Waals surface area (Å²) in [4.78, 5) is 19.3. The summed E-state index contributed by atoms with van der Waals surface area (Å²) in [6.07, 6.45) is 3.22. The SMILES string of the molecule is CC(C)N(C(=O)c1c(Cl)c2cccnc2n2cnnc12)C(C)C. The van der Waals surface area contributed by atoms with Gasteiger partial charge in [-0.1, -0.05) is 11.6 Å². The minimum atomic E-state index is -0.149. The minimum absolute atomic E-state index is 0.0473. The Bertz CT molecular complexity index is 879. The highest BCUT2D eigenvalue weighted by atomic mass is 35.5. The summed E-state index contributed by atoms with van der Waals surface area (Å²) in [5.41, 5.74) is 1.43. The molecule has 0 bridgehead atoms. The summed E-state index contributed by atoms with van der Waals surface area (Å²) in [6, 6.07) is 3.73. The van der Waals surface area contributed by atoms with Gasteiger partial charge in [-0.3, -0.25) is 9.20 Å². The number of carbonyl (C=O) groups is 1. The molecule has 0 spiro atoms. The minimum Gasteiger partial charge on any atom is -0.334 e. The predicted molar refractivity (Wildman–Crippen MR) is 89.7 cm³/mol. The molecule has 0 aliphatic heterocycles. The van der Waals surface area contributed by atoms with Gasteiger partial charge < -0.3 is 4.90 Å². The van der Waals surface area contributed by atoms with Gasteiger partial charge in [0.2, 0.25) is 0 Å². The molecule has 1 amide bonds. The zero-order valence-electron chi connectivity index (χ0n) is 13.5. The summed E-state index contributed by atoms with van der Waals surface area (Å²) in [6.45, 7) is 7.93. The van der Waals surface area contributed by atoms with Crippen molar-refractivity contribution in [3.8, 4) is 0 Å². The molecule has 0 radical (unpaired) electrons. The summed E-state index contributed by atoms with van der Waals surface area (Å²) in [5, 5.41) is 9.09. The molecule has 3 aromatic rings. The number of amides is 1. The number of pyridine rings is 2. The van der Waals surface area contributed by atoms with Crippen LogP contribution in [0.5, 0.6) is 0 Å². The Labute approximate surface area is 139 Å². The number of carbonyl (C=O) groups excluding carboxylic acids is 1. The van der Waals surface area contributed by atoms with E-state index in [1.165, 1.54) is 0 Å². The molecule has 0 unspecified atom stereocenters.